The lowest BCUT2D eigenvalue weighted by Crippen LogP contribution is -2.17. The van der Waals surface area contributed by atoms with Crippen LogP contribution in [0.3, 0.4) is 0 Å². The molecule has 0 fully saturated rings. The first kappa shape index (κ1) is 13.7. The van der Waals surface area contributed by atoms with Crippen LogP contribution in [0.15, 0.2) is 58.1 Å². The molecule has 1 N–H and O–H groups in total. The standard InChI is InChI=1S/C15H9ClN2O2S/c16-11-7-3-4-8-12(11)18-14(20)10-6-2-1-5-9(10)13(19)17-15(18)21/h1-8H,(H,17,19,21). The zero-order valence-corrected chi connectivity index (χ0v) is 12.2. The Morgan fingerprint density at radius 3 is 2.29 bits per heavy atom. The minimum absolute atomic E-state index is 0.00861. The zero-order chi connectivity index (χ0) is 15.0. The number of hydrogen-bond acceptors (Lipinski definition) is 3. The molecule has 0 aliphatic carbocycles. The number of para-hydroxylation sites is 1. The Bertz CT molecular complexity index is 1020. The van der Waals surface area contributed by atoms with Crippen LogP contribution in [-0.2, 0) is 0 Å². The van der Waals surface area contributed by atoms with Crippen LogP contribution >= 0.6 is 23.8 Å². The topological polar surface area (TPSA) is 54.9 Å². The second-order valence-electron chi connectivity index (χ2n) is 4.40. The third-order valence-corrected chi connectivity index (χ3v) is 3.73. The summed E-state index contributed by atoms with van der Waals surface area (Å²) >= 11 is 11.3. The van der Waals surface area contributed by atoms with Crippen molar-refractivity contribution in [2.75, 3.05) is 0 Å². The fourth-order valence-electron chi connectivity index (χ4n) is 2.15. The first-order valence-corrected chi connectivity index (χ1v) is 6.91. The zero-order valence-electron chi connectivity index (χ0n) is 10.7. The van der Waals surface area contributed by atoms with Crippen molar-refractivity contribution in [1.29, 1.82) is 0 Å². The monoisotopic (exact) mass is 316 g/mol. The molecule has 0 atom stereocenters. The maximum atomic E-state index is 12.7. The smallest absolute Gasteiger partial charge is 0.265 e. The molecule has 1 aromatic heterocycles. The number of hydrogen-bond donors (Lipinski definition) is 1. The van der Waals surface area contributed by atoms with Crippen LogP contribution in [0.5, 0.6) is 0 Å². The molecule has 0 radical (unpaired) electrons. The van der Waals surface area contributed by atoms with Crippen molar-refractivity contribution < 1.29 is 0 Å². The van der Waals surface area contributed by atoms with Gasteiger partial charge in [0.05, 0.1) is 21.5 Å². The molecule has 1 heterocycles. The van der Waals surface area contributed by atoms with E-state index in [1.165, 1.54) is 4.57 Å². The third-order valence-electron chi connectivity index (χ3n) is 3.12. The molecule has 4 nitrogen and oxygen atoms in total. The first-order valence-electron chi connectivity index (χ1n) is 6.13. The van der Waals surface area contributed by atoms with Gasteiger partial charge in [0.1, 0.15) is 0 Å². The van der Waals surface area contributed by atoms with Gasteiger partial charge in [-0.15, -0.1) is 0 Å². The van der Waals surface area contributed by atoms with Crippen LogP contribution in [-0.4, -0.2) is 9.55 Å². The van der Waals surface area contributed by atoms with Gasteiger partial charge in [0.15, 0.2) is 4.77 Å². The molecule has 3 rings (SSSR count). The number of aromatic amines is 1. The average Bonchev–Trinajstić information content (AvgIpc) is 2.57. The quantitative estimate of drug-likeness (QED) is 0.702. The van der Waals surface area contributed by atoms with Gasteiger partial charge < -0.3 is 0 Å². The van der Waals surface area contributed by atoms with Crippen molar-refractivity contribution >= 4 is 34.6 Å². The van der Waals surface area contributed by atoms with Crippen LogP contribution < -0.4 is 11.1 Å². The Labute approximate surface area is 129 Å². The average molecular weight is 317 g/mol. The molecule has 0 saturated carbocycles. The highest BCUT2D eigenvalue weighted by Crippen LogP contribution is 2.18. The maximum absolute atomic E-state index is 12.7. The minimum Gasteiger partial charge on any atom is -0.298 e. The number of aromatic nitrogens is 2. The molecular formula is C15H9ClN2O2S. The van der Waals surface area contributed by atoms with E-state index in [0.29, 0.717) is 16.1 Å². The molecular weight excluding hydrogens is 308 g/mol. The maximum Gasteiger partial charge on any atom is 0.265 e. The highest BCUT2D eigenvalue weighted by Gasteiger charge is 2.09. The molecule has 0 aliphatic rings. The molecule has 0 saturated heterocycles. The number of halogens is 1. The lowest BCUT2D eigenvalue weighted by atomic mass is 10.2. The molecule has 0 aliphatic heterocycles. The third kappa shape index (κ3) is 2.30. The van der Waals surface area contributed by atoms with Crippen LogP contribution in [0.25, 0.3) is 16.5 Å². The lowest BCUT2D eigenvalue weighted by molar-refractivity contribution is 0.944. The van der Waals surface area contributed by atoms with Crippen LogP contribution in [0.2, 0.25) is 5.02 Å². The summed E-state index contributed by atoms with van der Waals surface area (Å²) in [6, 6.07) is 13.4. The normalized spacial score (nSPS) is 10.7. The van der Waals surface area contributed by atoms with E-state index in [1.807, 2.05) is 0 Å². The molecule has 3 aromatic rings. The Morgan fingerprint density at radius 2 is 1.57 bits per heavy atom. The molecule has 0 bridgehead atoms. The van der Waals surface area contributed by atoms with Gasteiger partial charge in [0.25, 0.3) is 11.1 Å². The Kier molecular flexibility index (Phi) is 3.45. The summed E-state index contributed by atoms with van der Waals surface area (Å²) in [6.07, 6.45) is 0. The fourth-order valence-corrected chi connectivity index (χ4v) is 2.65. The van der Waals surface area contributed by atoms with Crippen molar-refractivity contribution in [3.05, 3.63) is 79.0 Å². The first-order chi connectivity index (χ1) is 10.1. The predicted molar refractivity (Wildman–Crippen MR) is 86.0 cm³/mol. The molecule has 0 unspecified atom stereocenters. The number of benzene rings is 2. The van der Waals surface area contributed by atoms with Crippen LogP contribution in [0.1, 0.15) is 0 Å². The van der Waals surface area contributed by atoms with E-state index in [9.17, 15) is 9.59 Å². The van der Waals surface area contributed by atoms with Gasteiger partial charge in [0, 0.05) is 0 Å². The van der Waals surface area contributed by atoms with Crippen molar-refractivity contribution in [2.45, 2.75) is 0 Å². The second kappa shape index (κ2) is 5.27. The summed E-state index contributed by atoms with van der Waals surface area (Å²) in [4.78, 5) is 27.4. The van der Waals surface area contributed by atoms with Gasteiger partial charge >= 0.3 is 0 Å². The number of H-pyrrole nitrogens is 1. The van der Waals surface area contributed by atoms with Gasteiger partial charge in [0.2, 0.25) is 0 Å². The molecule has 0 amide bonds. The van der Waals surface area contributed by atoms with E-state index in [-0.39, 0.29) is 15.7 Å². The SMILES string of the molecule is O=c1[nH]c(=S)n(-c2ccccc2Cl)c(=O)c2ccccc12. The Balaban J connectivity index is 2.61. The van der Waals surface area contributed by atoms with E-state index in [0.717, 1.165) is 0 Å². The van der Waals surface area contributed by atoms with Crippen molar-refractivity contribution in [3.8, 4) is 5.69 Å². The molecule has 21 heavy (non-hydrogen) atoms. The van der Waals surface area contributed by atoms with E-state index in [4.69, 9.17) is 23.8 Å². The van der Waals surface area contributed by atoms with Gasteiger partial charge in [-0.25, -0.2) is 0 Å². The predicted octanol–water partition coefficient (Wildman–Crippen LogP) is 3.06. The van der Waals surface area contributed by atoms with Crippen molar-refractivity contribution in [1.82, 2.24) is 9.55 Å². The van der Waals surface area contributed by atoms with Gasteiger partial charge in [-0.2, -0.15) is 0 Å². The lowest BCUT2D eigenvalue weighted by Gasteiger charge is -2.05. The summed E-state index contributed by atoms with van der Waals surface area (Å²) in [5.41, 5.74) is -0.355. The minimum atomic E-state index is -0.404. The van der Waals surface area contributed by atoms with E-state index >= 15 is 0 Å². The van der Waals surface area contributed by atoms with Crippen LogP contribution in [0, 0.1) is 4.77 Å². The Hall–Kier alpha value is -2.24. The summed E-state index contributed by atoms with van der Waals surface area (Å²) in [7, 11) is 0. The summed E-state index contributed by atoms with van der Waals surface area (Å²) in [5, 5.41) is 0.955. The van der Waals surface area contributed by atoms with Gasteiger partial charge in [-0.1, -0.05) is 35.9 Å². The van der Waals surface area contributed by atoms with E-state index in [1.54, 1.807) is 48.5 Å². The summed E-state index contributed by atoms with van der Waals surface area (Å²) in [6.45, 7) is 0. The van der Waals surface area contributed by atoms with Crippen LogP contribution in [0.4, 0.5) is 0 Å². The Morgan fingerprint density at radius 1 is 0.952 bits per heavy atom. The molecule has 104 valence electrons. The number of nitrogens with one attached hydrogen (secondary N) is 1. The fraction of sp³-hybridized carbons (Fsp3) is 0. The van der Waals surface area contributed by atoms with Crippen molar-refractivity contribution in [3.63, 3.8) is 0 Å². The molecule has 0 spiro atoms. The highest BCUT2D eigenvalue weighted by atomic mass is 35.5. The number of fused-ring (bicyclic) bond motifs is 1. The second-order valence-corrected chi connectivity index (χ2v) is 5.19. The van der Waals surface area contributed by atoms with E-state index in [2.05, 4.69) is 4.98 Å². The summed E-state index contributed by atoms with van der Waals surface area (Å²) < 4.78 is 1.25. The van der Waals surface area contributed by atoms with E-state index < -0.39 is 5.56 Å². The molecule has 6 heteroatoms. The largest absolute Gasteiger partial charge is 0.298 e. The van der Waals surface area contributed by atoms with Gasteiger partial charge in [-0.05, 0) is 36.5 Å². The summed E-state index contributed by atoms with van der Waals surface area (Å²) in [5.74, 6) is 0. The van der Waals surface area contributed by atoms with Crippen molar-refractivity contribution in [2.24, 2.45) is 0 Å². The van der Waals surface area contributed by atoms with Gasteiger partial charge in [-0.3, -0.25) is 19.1 Å². The highest BCUT2D eigenvalue weighted by molar-refractivity contribution is 7.71. The molecule has 2 aromatic carbocycles. The number of rotatable bonds is 1. The number of nitrogens with zero attached hydrogens (tertiary/aromatic N) is 1.